The van der Waals surface area contributed by atoms with Crippen LogP contribution in [-0.2, 0) is 13.3 Å². The highest BCUT2D eigenvalue weighted by Gasteiger charge is 2.40. The van der Waals surface area contributed by atoms with Crippen LogP contribution >= 0.6 is 11.1 Å². The van der Waals surface area contributed by atoms with E-state index in [0.29, 0.717) is 13.2 Å². The van der Waals surface area contributed by atoms with Gasteiger partial charge in [-0.2, -0.15) is 0 Å². The fourth-order valence-corrected chi connectivity index (χ4v) is 3.78. The molecule has 0 radical (unpaired) electrons. The van der Waals surface area contributed by atoms with Crippen molar-refractivity contribution in [2.45, 2.75) is 46.6 Å². The van der Waals surface area contributed by atoms with Crippen molar-refractivity contribution in [3.8, 4) is 0 Å². The second-order valence-corrected chi connectivity index (χ2v) is 6.23. The summed E-state index contributed by atoms with van der Waals surface area (Å²) in [6, 6.07) is 0. The van der Waals surface area contributed by atoms with Crippen LogP contribution in [0.2, 0.25) is 0 Å². The summed E-state index contributed by atoms with van der Waals surface area (Å²) in [5.74, 6) is 0. The van der Waals surface area contributed by atoms with Gasteiger partial charge in [0.15, 0.2) is 0 Å². The molecule has 0 aromatic carbocycles. The minimum atomic E-state index is -2.88. The van der Waals surface area contributed by atoms with Gasteiger partial charge in [0, 0.05) is 19.3 Å². The predicted octanol–water partition coefficient (Wildman–Crippen LogP) is 2.94. The summed E-state index contributed by atoms with van der Waals surface area (Å²) in [7, 11) is -2.88. The van der Waals surface area contributed by atoms with E-state index in [1.807, 2.05) is 20.8 Å². The molecule has 0 saturated carbocycles. The molecule has 0 amide bonds. The standard InChI is InChI=1S/C9H21ClO3Si/c1-5-8-9(4)13-14(10,11-6-2)12-7-3/h9H,5-8H2,1-4H3. The molecule has 86 valence electrons. The van der Waals surface area contributed by atoms with E-state index in [1.54, 1.807) is 0 Å². The topological polar surface area (TPSA) is 27.7 Å². The third kappa shape index (κ3) is 5.98. The van der Waals surface area contributed by atoms with Crippen molar-refractivity contribution in [1.29, 1.82) is 0 Å². The largest absolute Gasteiger partial charge is 0.613 e. The van der Waals surface area contributed by atoms with Crippen LogP contribution in [-0.4, -0.2) is 27.4 Å². The molecular weight excluding hydrogens is 220 g/mol. The summed E-state index contributed by atoms with van der Waals surface area (Å²) in [5, 5.41) is 0. The van der Waals surface area contributed by atoms with Gasteiger partial charge in [0.1, 0.15) is 0 Å². The summed E-state index contributed by atoms with van der Waals surface area (Å²) in [6.07, 6.45) is 2.14. The fraction of sp³-hybridized carbons (Fsp3) is 1.00. The van der Waals surface area contributed by atoms with Crippen LogP contribution in [0.15, 0.2) is 0 Å². The highest BCUT2D eigenvalue weighted by molar-refractivity contribution is 7.09. The zero-order valence-electron chi connectivity index (χ0n) is 9.51. The van der Waals surface area contributed by atoms with Crippen molar-refractivity contribution in [1.82, 2.24) is 0 Å². The Balaban J connectivity index is 4.05. The number of hydrogen-bond acceptors (Lipinski definition) is 3. The molecule has 14 heavy (non-hydrogen) atoms. The first kappa shape index (κ1) is 14.4. The van der Waals surface area contributed by atoms with Gasteiger partial charge < -0.3 is 13.3 Å². The smallest absolute Gasteiger partial charge is 0.362 e. The molecule has 0 heterocycles. The Hall–Kier alpha value is 0.387. The molecule has 0 bridgehead atoms. The molecule has 1 unspecified atom stereocenters. The first-order chi connectivity index (χ1) is 6.58. The van der Waals surface area contributed by atoms with E-state index in [-0.39, 0.29) is 6.10 Å². The molecule has 3 nitrogen and oxygen atoms in total. The summed E-state index contributed by atoms with van der Waals surface area (Å²) in [6.45, 7) is 8.92. The maximum atomic E-state index is 6.14. The lowest BCUT2D eigenvalue weighted by atomic mass is 10.2. The van der Waals surface area contributed by atoms with Crippen LogP contribution in [0.5, 0.6) is 0 Å². The SMILES string of the molecule is CCCC(C)O[Si](Cl)(OCC)OCC. The van der Waals surface area contributed by atoms with Crippen LogP contribution in [0, 0.1) is 0 Å². The summed E-state index contributed by atoms with van der Waals surface area (Å²) >= 11 is 6.14. The van der Waals surface area contributed by atoms with Gasteiger partial charge in [0.25, 0.3) is 0 Å². The Bertz CT molecular complexity index is 140. The molecule has 0 rings (SSSR count). The normalized spacial score (nSPS) is 14.4. The molecule has 0 aliphatic carbocycles. The lowest BCUT2D eigenvalue weighted by Gasteiger charge is -2.25. The Morgan fingerprint density at radius 3 is 2.00 bits per heavy atom. The monoisotopic (exact) mass is 240 g/mol. The van der Waals surface area contributed by atoms with Crippen LogP contribution in [0.25, 0.3) is 0 Å². The van der Waals surface area contributed by atoms with Crippen molar-refractivity contribution in [2.24, 2.45) is 0 Å². The molecule has 0 aromatic rings. The Kier molecular flexibility index (Phi) is 7.86. The van der Waals surface area contributed by atoms with E-state index in [2.05, 4.69) is 6.92 Å². The molecule has 0 N–H and O–H groups in total. The lowest BCUT2D eigenvalue weighted by Crippen LogP contribution is -2.42. The second-order valence-electron chi connectivity index (χ2n) is 3.06. The number of halogens is 1. The van der Waals surface area contributed by atoms with Gasteiger partial charge in [-0.1, -0.05) is 24.4 Å². The molecule has 1 atom stereocenters. The van der Waals surface area contributed by atoms with Crippen molar-refractivity contribution < 1.29 is 13.3 Å². The fourth-order valence-electron chi connectivity index (χ4n) is 1.16. The zero-order valence-corrected chi connectivity index (χ0v) is 11.3. The van der Waals surface area contributed by atoms with Crippen molar-refractivity contribution >= 4 is 19.2 Å². The molecule has 0 spiro atoms. The van der Waals surface area contributed by atoms with Crippen molar-refractivity contribution in [2.75, 3.05) is 13.2 Å². The van der Waals surface area contributed by atoms with Gasteiger partial charge in [-0.05, 0) is 27.2 Å². The van der Waals surface area contributed by atoms with Gasteiger partial charge in [-0.15, -0.1) is 0 Å². The van der Waals surface area contributed by atoms with E-state index in [0.717, 1.165) is 12.8 Å². The molecule has 5 heteroatoms. The maximum absolute atomic E-state index is 6.14. The lowest BCUT2D eigenvalue weighted by molar-refractivity contribution is 0.0556. The summed E-state index contributed by atoms with van der Waals surface area (Å²) in [5.41, 5.74) is 0. The maximum Gasteiger partial charge on any atom is 0.613 e. The molecule has 0 aromatic heterocycles. The molecular formula is C9H21ClO3Si. The van der Waals surface area contributed by atoms with Gasteiger partial charge in [-0.3, -0.25) is 0 Å². The minimum Gasteiger partial charge on any atom is -0.362 e. The molecule has 0 aliphatic heterocycles. The van der Waals surface area contributed by atoms with Crippen LogP contribution < -0.4 is 0 Å². The third-order valence-corrected chi connectivity index (χ3v) is 4.54. The predicted molar refractivity (Wildman–Crippen MR) is 60.3 cm³/mol. The molecule has 0 aliphatic rings. The van der Waals surface area contributed by atoms with Crippen molar-refractivity contribution in [3.05, 3.63) is 0 Å². The first-order valence-corrected chi connectivity index (χ1v) is 7.96. The second kappa shape index (κ2) is 7.65. The van der Waals surface area contributed by atoms with E-state index in [1.165, 1.54) is 0 Å². The van der Waals surface area contributed by atoms with Gasteiger partial charge in [0.05, 0.1) is 0 Å². The highest BCUT2D eigenvalue weighted by atomic mass is 35.6. The van der Waals surface area contributed by atoms with Gasteiger partial charge in [-0.25, -0.2) is 0 Å². The van der Waals surface area contributed by atoms with E-state index in [9.17, 15) is 0 Å². The van der Waals surface area contributed by atoms with E-state index >= 15 is 0 Å². The number of hydrogen-bond donors (Lipinski definition) is 0. The van der Waals surface area contributed by atoms with E-state index < -0.39 is 8.11 Å². The minimum absolute atomic E-state index is 0.0993. The average Bonchev–Trinajstić information content (AvgIpc) is 2.04. The Morgan fingerprint density at radius 1 is 1.14 bits per heavy atom. The average molecular weight is 241 g/mol. The number of rotatable bonds is 8. The Labute approximate surface area is 92.8 Å². The first-order valence-electron chi connectivity index (χ1n) is 5.22. The highest BCUT2D eigenvalue weighted by Crippen LogP contribution is 2.18. The van der Waals surface area contributed by atoms with Crippen LogP contribution in [0.3, 0.4) is 0 Å². The van der Waals surface area contributed by atoms with Crippen LogP contribution in [0.1, 0.15) is 40.5 Å². The summed E-state index contributed by atoms with van der Waals surface area (Å²) < 4.78 is 16.3. The van der Waals surface area contributed by atoms with Crippen LogP contribution in [0.4, 0.5) is 0 Å². The quantitative estimate of drug-likeness (QED) is 0.482. The summed E-state index contributed by atoms with van der Waals surface area (Å²) in [4.78, 5) is 0. The molecule has 0 saturated heterocycles. The third-order valence-electron chi connectivity index (χ3n) is 1.67. The van der Waals surface area contributed by atoms with Gasteiger partial charge >= 0.3 is 8.11 Å². The Morgan fingerprint density at radius 2 is 1.64 bits per heavy atom. The van der Waals surface area contributed by atoms with Gasteiger partial charge in [0.2, 0.25) is 0 Å². The van der Waals surface area contributed by atoms with Crippen molar-refractivity contribution in [3.63, 3.8) is 0 Å². The zero-order chi connectivity index (χ0) is 11.0. The molecule has 0 fully saturated rings. The van der Waals surface area contributed by atoms with E-state index in [4.69, 9.17) is 24.4 Å².